The van der Waals surface area contributed by atoms with Crippen LogP contribution in [0.1, 0.15) is 118 Å². The third kappa shape index (κ3) is 5.06. The van der Waals surface area contributed by atoms with Crippen LogP contribution in [0.4, 0.5) is 0 Å². The van der Waals surface area contributed by atoms with Crippen LogP contribution < -0.4 is 11.5 Å². The first kappa shape index (κ1) is 27.0. The van der Waals surface area contributed by atoms with Crippen molar-refractivity contribution in [2.45, 2.75) is 118 Å². The van der Waals surface area contributed by atoms with Gasteiger partial charge in [0.1, 0.15) is 0 Å². The zero-order valence-electron chi connectivity index (χ0n) is 23.4. The Morgan fingerprint density at radius 3 is 2.06 bits per heavy atom. The number of nitrogens with two attached hydrogens (primary N) is 2. The van der Waals surface area contributed by atoms with Crippen molar-refractivity contribution in [3.8, 4) is 0 Å². The molecule has 0 aromatic rings. The lowest BCUT2D eigenvalue weighted by Gasteiger charge is -2.63. The first-order chi connectivity index (χ1) is 16.5. The van der Waals surface area contributed by atoms with Gasteiger partial charge in [-0.2, -0.15) is 0 Å². The molecule has 2 amide bonds. The number of carbonyl (C=O) groups excluding carboxylic acids is 2. The number of amides is 2. The smallest absolute Gasteiger partial charge is 0.217 e. The van der Waals surface area contributed by atoms with E-state index in [9.17, 15) is 9.59 Å². The van der Waals surface area contributed by atoms with Crippen molar-refractivity contribution in [1.29, 1.82) is 0 Å². The standard InChI is InChI=1S/C31H54N2O2/c1-19(2)7-6-8-20(3)24-11-12-25-22-9-10-26-23(18-29(33)35)21(17-28(32)34)13-15-31(26,5)27(22)14-16-30(24,25)4/h19-27H,6-18H2,1-5H3,(H2,32,34)(H2,33,35)/t20-,21?,22+,23?,24-,25+,26?,27+,30-,31+/m1/s1. The van der Waals surface area contributed by atoms with Gasteiger partial charge in [0.15, 0.2) is 0 Å². The molecule has 200 valence electrons. The minimum absolute atomic E-state index is 0.211. The number of primary amides is 2. The minimum atomic E-state index is -0.227. The molecular formula is C31H54N2O2. The highest BCUT2D eigenvalue weighted by atomic mass is 16.1. The van der Waals surface area contributed by atoms with Crippen molar-refractivity contribution in [2.24, 2.45) is 75.6 Å². The molecule has 10 atom stereocenters. The molecule has 0 aromatic carbocycles. The molecule has 0 spiro atoms. The van der Waals surface area contributed by atoms with Crippen molar-refractivity contribution >= 4 is 11.8 Å². The van der Waals surface area contributed by atoms with Crippen LogP contribution in [0.15, 0.2) is 0 Å². The van der Waals surface area contributed by atoms with E-state index in [1.807, 2.05) is 0 Å². The highest BCUT2D eigenvalue weighted by Gasteiger charge is 2.62. The molecule has 4 heteroatoms. The highest BCUT2D eigenvalue weighted by Crippen LogP contribution is 2.69. The molecule has 3 unspecified atom stereocenters. The molecule has 0 bridgehead atoms. The average Bonchev–Trinajstić information content (AvgIpc) is 3.12. The van der Waals surface area contributed by atoms with E-state index in [2.05, 4.69) is 34.6 Å². The van der Waals surface area contributed by atoms with Crippen LogP contribution >= 0.6 is 0 Å². The summed E-state index contributed by atoms with van der Waals surface area (Å²) in [6.45, 7) is 12.5. The van der Waals surface area contributed by atoms with Crippen molar-refractivity contribution in [3.05, 3.63) is 0 Å². The Balaban J connectivity index is 1.50. The van der Waals surface area contributed by atoms with Crippen LogP contribution in [0.2, 0.25) is 0 Å². The van der Waals surface area contributed by atoms with E-state index in [0.717, 1.165) is 41.9 Å². The number of carbonyl (C=O) groups is 2. The molecule has 4 fully saturated rings. The maximum Gasteiger partial charge on any atom is 0.217 e. The normalized spacial score (nSPS) is 43.8. The average molecular weight is 487 g/mol. The monoisotopic (exact) mass is 486 g/mol. The minimum Gasteiger partial charge on any atom is -0.370 e. The summed E-state index contributed by atoms with van der Waals surface area (Å²) in [6, 6.07) is 0. The van der Waals surface area contributed by atoms with E-state index in [4.69, 9.17) is 11.5 Å². The molecule has 4 aliphatic carbocycles. The maximum absolute atomic E-state index is 12.1. The second-order valence-electron chi connectivity index (χ2n) is 14.4. The Morgan fingerprint density at radius 1 is 0.771 bits per heavy atom. The van der Waals surface area contributed by atoms with E-state index < -0.39 is 0 Å². The van der Waals surface area contributed by atoms with Gasteiger partial charge in [-0.1, -0.05) is 53.9 Å². The van der Waals surface area contributed by atoms with Crippen molar-refractivity contribution in [1.82, 2.24) is 0 Å². The largest absolute Gasteiger partial charge is 0.370 e. The van der Waals surface area contributed by atoms with Crippen molar-refractivity contribution < 1.29 is 9.59 Å². The molecule has 0 aromatic heterocycles. The van der Waals surface area contributed by atoms with Gasteiger partial charge in [-0.3, -0.25) is 9.59 Å². The van der Waals surface area contributed by atoms with E-state index >= 15 is 0 Å². The fraction of sp³-hybridized carbons (Fsp3) is 0.935. The Kier molecular flexibility index (Phi) is 7.99. The molecule has 4 nitrogen and oxygen atoms in total. The van der Waals surface area contributed by atoms with Gasteiger partial charge in [0, 0.05) is 12.8 Å². The number of rotatable bonds is 9. The molecule has 35 heavy (non-hydrogen) atoms. The second kappa shape index (κ2) is 10.4. The first-order valence-corrected chi connectivity index (χ1v) is 15.0. The van der Waals surface area contributed by atoms with Crippen LogP contribution in [0, 0.1) is 64.1 Å². The summed E-state index contributed by atoms with van der Waals surface area (Å²) in [5, 5.41) is 0. The molecule has 4 saturated carbocycles. The molecule has 0 saturated heterocycles. The summed E-state index contributed by atoms with van der Waals surface area (Å²) >= 11 is 0. The molecule has 0 radical (unpaired) electrons. The van der Waals surface area contributed by atoms with E-state index in [1.54, 1.807) is 0 Å². The Labute approximate surface area is 215 Å². The van der Waals surface area contributed by atoms with Crippen LogP contribution in [-0.2, 0) is 9.59 Å². The quantitative estimate of drug-likeness (QED) is 0.380. The van der Waals surface area contributed by atoms with Gasteiger partial charge in [0.2, 0.25) is 11.8 Å². The summed E-state index contributed by atoms with van der Waals surface area (Å²) in [4.78, 5) is 23.9. The van der Waals surface area contributed by atoms with Gasteiger partial charge < -0.3 is 11.5 Å². The second-order valence-corrected chi connectivity index (χ2v) is 14.4. The lowest BCUT2D eigenvalue weighted by Crippen LogP contribution is -2.56. The Morgan fingerprint density at radius 2 is 1.40 bits per heavy atom. The van der Waals surface area contributed by atoms with Crippen molar-refractivity contribution in [2.75, 3.05) is 0 Å². The molecule has 4 aliphatic rings. The predicted molar refractivity (Wildman–Crippen MR) is 143 cm³/mol. The van der Waals surface area contributed by atoms with Gasteiger partial charge in [0.05, 0.1) is 0 Å². The molecular weight excluding hydrogens is 432 g/mol. The van der Waals surface area contributed by atoms with Gasteiger partial charge >= 0.3 is 0 Å². The summed E-state index contributed by atoms with van der Waals surface area (Å²) in [5.74, 6) is 5.54. The fourth-order valence-electron chi connectivity index (χ4n) is 10.7. The molecule has 4 rings (SSSR count). The van der Waals surface area contributed by atoms with E-state index in [0.29, 0.717) is 24.2 Å². The predicted octanol–water partition coefficient (Wildman–Crippen LogP) is 6.70. The lowest BCUT2D eigenvalue weighted by atomic mass is 9.42. The molecule has 4 N–H and O–H groups in total. The van der Waals surface area contributed by atoms with Gasteiger partial charge in [-0.05, 0) is 115 Å². The van der Waals surface area contributed by atoms with Gasteiger partial charge in [-0.25, -0.2) is 0 Å². The van der Waals surface area contributed by atoms with Crippen LogP contribution in [-0.4, -0.2) is 11.8 Å². The van der Waals surface area contributed by atoms with Gasteiger partial charge in [-0.15, -0.1) is 0 Å². The summed E-state index contributed by atoms with van der Waals surface area (Å²) in [6.07, 6.45) is 15.3. The molecule has 0 aliphatic heterocycles. The van der Waals surface area contributed by atoms with Gasteiger partial charge in [0.25, 0.3) is 0 Å². The van der Waals surface area contributed by atoms with E-state index in [1.165, 1.54) is 64.2 Å². The third-order valence-corrected chi connectivity index (χ3v) is 12.2. The zero-order chi connectivity index (χ0) is 25.5. The van der Waals surface area contributed by atoms with Crippen molar-refractivity contribution in [3.63, 3.8) is 0 Å². The summed E-state index contributed by atoms with van der Waals surface area (Å²) in [7, 11) is 0. The number of fused-ring (bicyclic) bond motifs is 5. The SMILES string of the molecule is CC(C)CCC[C@@H](C)[C@H]1CC[C@H]2[C@@H]3CCC4C(CC(N)=O)C(CC(N)=O)CC[C@]4(C)[C@H]3CC[C@]12C. The fourth-order valence-corrected chi connectivity index (χ4v) is 10.7. The maximum atomic E-state index is 12.1. The van der Waals surface area contributed by atoms with Crippen LogP contribution in [0.5, 0.6) is 0 Å². The highest BCUT2D eigenvalue weighted by molar-refractivity contribution is 5.75. The van der Waals surface area contributed by atoms with Crippen LogP contribution in [0.3, 0.4) is 0 Å². The summed E-state index contributed by atoms with van der Waals surface area (Å²) < 4.78 is 0. The van der Waals surface area contributed by atoms with Crippen LogP contribution in [0.25, 0.3) is 0 Å². The Bertz CT molecular complexity index is 780. The third-order valence-electron chi connectivity index (χ3n) is 12.2. The Hall–Kier alpha value is -1.06. The topological polar surface area (TPSA) is 86.2 Å². The number of hydrogen-bond donors (Lipinski definition) is 2. The first-order valence-electron chi connectivity index (χ1n) is 15.0. The van der Waals surface area contributed by atoms with E-state index in [-0.39, 0.29) is 29.1 Å². The number of hydrogen-bond acceptors (Lipinski definition) is 2. The zero-order valence-corrected chi connectivity index (χ0v) is 23.4. The molecule has 0 heterocycles. The lowest BCUT2D eigenvalue weighted by molar-refractivity contribution is -0.149. The summed E-state index contributed by atoms with van der Waals surface area (Å²) in [5.41, 5.74) is 12.2.